The minimum absolute atomic E-state index is 0.0143. The van der Waals surface area contributed by atoms with Crippen LogP contribution in [-0.2, 0) is 9.53 Å². The molecule has 0 radical (unpaired) electrons. The Labute approximate surface area is 80.0 Å². The minimum Gasteiger partial charge on any atom is -0.458 e. The molecule has 0 fully saturated rings. The number of carbonyl (C=O) groups is 1. The zero-order valence-electron chi connectivity index (χ0n) is 8.67. The van der Waals surface area contributed by atoms with Gasteiger partial charge in [0.15, 0.2) is 0 Å². The molecule has 0 aromatic rings. The van der Waals surface area contributed by atoms with E-state index in [-0.39, 0.29) is 12.1 Å². The fourth-order valence-electron chi connectivity index (χ4n) is 1.30. The van der Waals surface area contributed by atoms with Gasteiger partial charge in [0.25, 0.3) is 0 Å². The largest absolute Gasteiger partial charge is 0.458 e. The molecular formula is C11H18O2. The predicted octanol–water partition coefficient (Wildman–Crippen LogP) is 2.68. The Hall–Kier alpha value is -0.790. The standard InChI is InChI=1S/C11H18O2/c1-11(2,3)8-7-9-5-4-6-10(12)13-9/h4-5,9H,6-8H2,1-3H3/t9-/m1/s1. The molecule has 0 aromatic heterocycles. The molecule has 1 heterocycles. The van der Waals surface area contributed by atoms with Crippen molar-refractivity contribution in [3.63, 3.8) is 0 Å². The van der Waals surface area contributed by atoms with Crippen LogP contribution in [-0.4, -0.2) is 12.1 Å². The van der Waals surface area contributed by atoms with Gasteiger partial charge in [-0.15, -0.1) is 0 Å². The summed E-state index contributed by atoms with van der Waals surface area (Å²) in [5.41, 5.74) is 0.317. The number of hydrogen-bond acceptors (Lipinski definition) is 2. The Morgan fingerprint density at radius 1 is 1.54 bits per heavy atom. The summed E-state index contributed by atoms with van der Waals surface area (Å²) in [6, 6.07) is 0. The smallest absolute Gasteiger partial charge is 0.310 e. The Morgan fingerprint density at radius 3 is 2.77 bits per heavy atom. The van der Waals surface area contributed by atoms with E-state index in [1.807, 2.05) is 12.2 Å². The van der Waals surface area contributed by atoms with Gasteiger partial charge in [-0.25, -0.2) is 0 Å². The lowest BCUT2D eigenvalue weighted by atomic mass is 9.89. The maximum atomic E-state index is 10.9. The maximum absolute atomic E-state index is 10.9. The third-order valence-electron chi connectivity index (χ3n) is 2.10. The number of esters is 1. The first kappa shape index (κ1) is 10.3. The first-order valence-corrected chi connectivity index (χ1v) is 4.83. The highest BCUT2D eigenvalue weighted by Gasteiger charge is 2.18. The second kappa shape index (κ2) is 3.95. The summed E-state index contributed by atoms with van der Waals surface area (Å²) in [5, 5.41) is 0. The first-order chi connectivity index (χ1) is 5.97. The monoisotopic (exact) mass is 182 g/mol. The van der Waals surface area contributed by atoms with Crippen molar-refractivity contribution in [1.82, 2.24) is 0 Å². The normalized spacial score (nSPS) is 23.0. The fraction of sp³-hybridized carbons (Fsp3) is 0.727. The minimum atomic E-state index is -0.0959. The van der Waals surface area contributed by atoms with Gasteiger partial charge >= 0.3 is 5.97 Å². The summed E-state index contributed by atoms with van der Waals surface area (Å²) in [6.07, 6.45) is 6.36. The van der Waals surface area contributed by atoms with Gasteiger partial charge in [0.05, 0.1) is 6.42 Å². The molecule has 1 aliphatic heterocycles. The van der Waals surface area contributed by atoms with Crippen LogP contribution >= 0.6 is 0 Å². The highest BCUT2D eigenvalue weighted by Crippen LogP contribution is 2.23. The Bertz CT molecular complexity index is 211. The van der Waals surface area contributed by atoms with Crippen molar-refractivity contribution in [2.45, 2.75) is 46.1 Å². The van der Waals surface area contributed by atoms with E-state index < -0.39 is 0 Å². The second-order valence-electron chi connectivity index (χ2n) is 4.76. The van der Waals surface area contributed by atoms with Gasteiger partial charge in [-0.1, -0.05) is 26.8 Å². The van der Waals surface area contributed by atoms with Crippen LogP contribution in [0, 0.1) is 5.41 Å². The lowest BCUT2D eigenvalue weighted by Crippen LogP contribution is -2.21. The number of carbonyl (C=O) groups excluding carboxylic acids is 1. The van der Waals surface area contributed by atoms with Crippen molar-refractivity contribution in [1.29, 1.82) is 0 Å². The van der Waals surface area contributed by atoms with Crippen LogP contribution in [0.3, 0.4) is 0 Å². The molecule has 0 saturated heterocycles. The number of hydrogen-bond donors (Lipinski definition) is 0. The lowest BCUT2D eigenvalue weighted by Gasteiger charge is -2.23. The molecule has 1 atom stereocenters. The van der Waals surface area contributed by atoms with E-state index in [9.17, 15) is 4.79 Å². The van der Waals surface area contributed by atoms with Crippen molar-refractivity contribution >= 4 is 5.97 Å². The zero-order chi connectivity index (χ0) is 9.90. The van der Waals surface area contributed by atoms with E-state index in [1.54, 1.807) is 0 Å². The van der Waals surface area contributed by atoms with Crippen LogP contribution in [0.5, 0.6) is 0 Å². The number of rotatable bonds is 2. The number of cyclic esters (lactones) is 1. The van der Waals surface area contributed by atoms with Crippen molar-refractivity contribution in [3.8, 4) is 0 Å². The molecule has 0 aromatic carbocycles. The third-order valence-corrected chi connectivity index (χ3v) is 2.10. The van der Waals surface area contributed by atoms with Crippen LogP contribution in [0.4, 0.5) is 0 Å². The summed E-state index contributed by atoms with van der Waals surface area (Å²) in [6.45, 7) is 6.59. The molecule has 0 N–H and O–H groups in total. The molecular weight excluding hydrogens is 164 g/mol. The molecule has 1 rings (SSSR count). The topological polar surface area (TPSA) is 26.3 Å². The van der Waals surface area contributed by atoms with Crippen molar-refractivity contribution in [2.24, 2.45) is 5.41 Å². The molecule has 74 valence electrons. The second-order valence-corrected chi connectivity index (χ2v) is 4.76. The summed E-state index contributed by atoms with van der Waals surface area (Å²) in [4.78, 5) is 10.9. The van der Waals surface area contributed by atoms with Crippen molar-refractivity contribution in [3.05, 3.63) is 12.2 Å². The van der Waals surface area contributed by atoms with E-state index >= 15 is 0 Å². The van der Waals surface area contributed by atoms with E-state index in [2.05, 4.69) is 20.8 Å². The van der Waals surface area contributed by atoms with Gasteiger partial charge in [-0.3, -0.25) is 4.79 Å². The van der Waals surface area contributed by atoms with Gasteiger partial charge in [-0.2, -0.15) is 0 Å². The molecule has 2 heteroatoms. The van der Waals surface area contributed by atoms with Gasteiger partial charge < -0.3 is 4.74 Å². The molecule has 0 unspecified atom stereocenters. The lowest BCUT2D eigenvalue weighted by molar-refractivity contribution is -0.147. The van der Waals surface area contributed by atoms with Crippen LogP contribution in [0.15, 0.2) is 12.2 Å². The number of ether oxygens (including phenoxy) is 1. The van der Waals surface area contributed by atoms with Gasteiger partial charge in [0.1, 0.15) is 6.10 Å². The van der Waals surface area contributed by atoms with Gasteiger partial charge in [0.2, 0.25) is 0 Å². The van der Waals surface area contributed by atoms with E-state index in [4.69, 9.17) is 4.74 Å². The molecule has 0 bridgehead atoms. The van der Waals surface area contributed by atoms with Crippen LogP contribution in [0.1, 0.15) is 40.0 Å². The zero-order valence-corrected chi connectivity index (χ0v) is 8.67. The Kier molecular flexibility index (Phi) is 3.12. The summed E-state index contributed by atoms with van der Waals surface area (Å²) in [5.74, 6) is -0.0959. The quantitative estimate of drug-likeness (QED) is 0.485. The van der Waals surface area contributed by atoms with Crippen LogP contribution < -0.4 is 0 Å². The Balaban J connectivity index is 2.33. The molecule has 13 heavy (non-hydrogen) atoms. The van der Waals surface area contributed by atoms with Crippen molar-refractivity contribution < 1.29 is 9.53 Å². The van der Waals surface area contributed by atoms with Crippen LogP contribution in [0.2, 0.25) is 0 Å². The first-order valence-electron chi connectivity index (χ1n) is 4.83. The van der Waals surface area contributed by atoms with E-state index in [0.29, 0.717) is 11.8 Å². The average molecular weight is 182 g/mol. The van der Waals surface area contributed by atoms with Crippen molar-refractivity contribution in [2.75, 3.05) is 0 Å². The van der Waals surface area contributed by atoms with Gasteiger partial charge in [0, 0.05) is 0 Å². The highest BCUT2D eigenvalue weighted by molar-refractivity contribution is 5.72. The highest BCUT2D eigenvalue weighted by atomic mass is 16.5. The maximum Gasteiger partial charge on any atom is 0.310 e. The fourth-order valence-corrected chi connectivity index (χ4v) is 1.30. The molecule has 0 aliphatic carbocycles. The third kappa shape index (κ3) is 4.11. The molecule has 0 amide bonds. The predicted molar refractivity (Wildman–Crippen MR) is 52.3 cm³/mol. The molecule has 2 nitrogen and oxygen atoms in total. The molecule has 1 aliphatic rings. The summed E-state index contributed by atoms with van der Waals surface area (Å²) in [7, 11) is 0. The van der Waals surface area contributed by atoms with E-state index in [1.165, 1.54) is 0 Å². The average Bonchev–Trinajstić information content (AvgIpc) is 2.00. The summed E-state index contributed by atoms with van der Waals surface area (Å²) < 4.78 is 5.16. The van der Waals surface area contributed by atoms with Gasteiger partial charge in [-0.05, 0) is 24.3 Å². The molecule has 0 saturated carbocycles. The summed E-state index contributed by atoms with van der Waals surface area (Å²) >= 11 is 0. The van der Waals surface area contributed by atoms with E-state index in [0.717, 1.165) is 12.8 Å². The SMILES string of the molecule is CC(C)(C)CC[C@H]1C=CCC(=O)O1. The molecule has 0 spiro atoms. The Morgan fingerprint density at radius 2 is 2.23 bits per heavy atom. The van der Waals surface area contributed by atoms with Crippen LogP contribution in [0.25, 0.3) is 0 Å².